The molecule has 4 aliphatic rings. The third kappa shape index (κ3) is 5.54. The number of hydrogen-bond donors (Lipinski definition) is 2. The normalized spacial score (nSPS) is 21.0. The number of piperidine rings is 1. The lowest BCUT2D eigenvalue weighted by Gasteiger charge is -2.57. The number of benzene rings is 2. The van der Waals surface area contributed by atoms with Crippen molar-refractivity contribution in [2.75, 3.05) is 64.3 Å². The van der Waals surface area contributed by atoms with E-state index in [0.717, 1.165) is 97.0 Å². The Balaban J connectivity index is 0.991. The van der Waals surface area contributed by atoms with Crippen molar-refractivity contribution in [3.05, 3.63) is 71.0 Å². The van der Waals surface area contributed by atoms with E-state index in [-0.39, 0.29) is 17.4 Å². The monoisotopic (exact) mass is 632 g/mol. The van der Waals surface area contributed by atoms with Gasteiger partial charge in [0.1, 0.15) is 5.65 Å². The number of aromatic amines is 1. The summed E-state index contributed by atoms with van der Waals surface area (Å²) in [4.78, 5) is 31.2. The summed E-state index contributed by atoms with van der Waals surface area (Å²) in [5.41, 5.74) is 11.3. The Morgan fingerprint density at radius 1 is 0.872 bits per heavy atom. The predicted molar refractivity (Wildman–Crippen MR) is 189 cm³/mol. The molecular formula is C39H48N6O2. The number of aryl methyl sites for hydroxylation is 3. The quantitative estimate of drug-likeness (QED) is 0.297. The zero-order valence-electron chi connectivity index (χ0n) is 28.4. The molecule has 8 nitrogen and oxygen atoms in total. The van der Waals surface area contributed by atoms with Gasteiger partial charge in [0.25, 0.3) is 5.91 Å². The lowest BCUT2D eigenvalue weighted by atomic mass is 9.62. The SMILES string of the molecule is Cc1cc(-c2c[nH]c3ncc(-c4cc(C)c(N5CCN(C6CCN(C)CC6)CC5)c(C)c4)cc23)ccc1C(=O)N1CC2(CC(O)C2)C1. The lowest BCUT2D eigenvalue weighted by molar-refractivity contribution is -0.113. The number of H-pyrrole nitrogens is 1. The summed E-state index contributed by atoms with van der Waals surface area (Å²) < 4.78 is 0. The van der Waals surface area contributed by atoms with Crippen LogP contribution in [0.2, 0.25) is 0 Å². The van der Waals surface area contributed by atoms with E-state index in [1.807, 2.05) is 30.3 Å². The number of piperazine rings is 1. The fraction of sp³-hybridized carbons (Fsp3) is 0.487. The van der Waals surface area contributed by atoms with Crippen molar-refractivity contribution >= 4 is 22.6 Å². The highest BCUT2D eigenvalue weighted by Gasteiger charge is 2.53. The number of carbonyl (C=O) groups is 1. The van der Waals surface area contributed by atoms with Gasteiger partial charge >= 0.3 is 0 Å². The summed E-state index contributed by atoms with van der Waals surface area (Å²) in [7, 11) is 2.24. The Kier molecular flexibility index (Phi) is 7.66. The molecule has 1 aliphatic carbocycles. The Labute approximate surface area is 278 Å². The van der Waals surface area contributed by atoms with Crippen molar-refractivity contribution in [1.29, 1.82) is 0 Å². The number of hydrogen-bond acceptors (Lipinski definition) is 6. The van der Waals surface area contributed by atoms with E-state index >= 15 is 0 Å². The molecule has 4 aromatic rings. The number of fused-ring (bicyclic) bond motifs is 1. The first-order valence-electron chi connectivity index (χ1n) is 17.5. The molecule has 3 saturated heterocycles. The Morgan fingerprint density at radius 2 is 1.55 bits per heavy atom. The summed E-state index contributed by atoms with van der Waals surface area (Å²) in [5.74, 6) is 0.0947. The van der Waals surface area contributed by atoms with Gasteiger partial charge in [0.15, 0.2) is 0 Å². The van der Waals surface area contributed by atoms with E-state index in [4.69, 9.17) is 4.98 Å². The fourth-order valence-corrected chi connectivity index (χ4v) is 9.04. The maximum atomic E-state index is 13.3. The van der Waals surface area contributed by atoms with Gasteiger partial charge in [0.05, 0.1) is 6.10 Å². The number of pyridine rings is 1. The van der Waals surface area contributed by atoms with Crippen molar-refractivity contribution in [3.63, 3.8) is 0 Å². The molecule has 2 N–H and O–H groups in total. The highest BCUT2D eigenvalue weighted by molar-refractivity contribution is 5.99. The second kappa shape index (κ2) is 11.8. The van der Waals surface area contributed by atoms with E-state index < -0.39 is 0 Å². The number of carbonyl (C=O) groups excluding carboxylic acids is 1. The standard InChI is InChI=1S/C39H48N6O2/c1-25-15-28(5-6-33(25)38(47)45-23-39(24-45)19-32(46)20-39)35-22-41-37-34(35)18-30(21-40-37)29-16-26(2)36(27(3)17-29)44-13-11-43(12-14-44)31-7-9-42(4)10-8-31/h5-6,15-18,21-22,31-32,46H,7-14,19-20,23-24H2,1-4H3,(H,40,41). The fourth-order valence-electron chi connectivity index (χ4n) is 9.04. The number of aliphatic hydroxyl groups excluding tert-OH is 1. The largest absolute Gasteiger partial charge is 0.393 e. The van der Waals surface area contributed by atoms with Crippen LogP contribution in [0.15, 0.2) is 48.8 Å². The highest BCUT2D eigenvalue weighted by atomic mass is 16.3. The number of rotatable bonds is 5. The van der Waals surface area contributed by atoms with E-state index in [9.17, 15) is 9.90 Å². The Bertz CT molecular complexity index is 1790. The zero-order chi connectivity index (χ0) is 32.4. The van der Waals surface area contributed by atoms with Gasteiger partial charge in [-0.1, -0.05) is 12.1 Å². The number of aliphatic hydroxyl groups is 1. The Morgan fingerprint density at radius 3 is 2.21 bits per heavy atom. The molecule has 0 atom stereocenters. The molecule has 47 heavy (non-hydrogen) atoms. The van der Waals surface area contributed by atoms with Crippen LogP contribution in [0.3, 0.4) is 0 Å². The first-order valence-corrected chi connectivity index (χ1v) is 17.5. The summed E-state index contributed by atoms with van der Waals surface area (Å²) in [6, 6.07) is 13.8. The second-order valence-electron chi connectivity index (χ2n) is 15.1. The first-order chi connectivity index (χ1) is 22.7. The summed E-state index contributed by atoms with van der Waals surface area (Å²) in [5, 5.41) is 10.8. The van der Waals surface area contributed by atoms with Gasteiger partial charge in [0, 0.05) is 90.9 Å². The molecule has 2 aromatic heterocycles. The molecule has 8 heteroatoms. The average molecular weight is 633 g/mol. The predicted octanol–water partition coefficient (Wildman–Crippen LogP) is 5.64. The van der Waals surface area contributed by atoms with Crippen molar-refractivity contribution in [2.24, 2.45) is 5.41 Å². The van der Waals surface area contributed by atoms with Crippen LogP contribution in [0.4, 0.5) is 5.69 Å². The molecular weight excluding hydrogens is 584 g/mol. The molecule has 0 unspecified atom stereocenters. The second-order valence-corrected chi connectivity index (χ2v) is 15.1. The van der Waals surface area contributed by atoms with Crippen molar-refractivity contribution < 1.29 is 9.90 Å². The van der Waals surface area contributed by atoms with E-state index in [2.05, 4.69) is 70.9 Å². The summed E-state index contributed by atoms with van der Waals surface area (Å²) in [6.07, 6.45) is 8.05. The van der Waals surface area contributed by atoms with Crippen LogP contribution in [0, 0.1) is 26.2 Å². The number of aromatic nitrogens is 2. The van der Waals surface area contributed by atoms with Crippen molar-refractivity contribution in [1.82, 2.24) is 24.7 Å². The van der Waals surface area contributed by atoms with Gasteiger partial charge < -0.3 is 24.8 Å². The maximum Gasteiger partial charge on any atom is 0.254 e. The molecule has 8 rings (SSSR count). The number of amides is 1. The van der Waals surface area contributed by atoms with Crippen LogP contribution in [0.1, 0.15) is 52.7 Å². The third-order valence-electron chi connectivity index (χ3n) is 11.6. The number of likely N-dealkylation sites (tertiary alicyclic amines) is 2. The highest BCUT2D eigenvalue weighted by Crippen LogP contribution is 2.48. The molecule has 246 valence electrons. The smallest absolute Gasteiger partial charge is 0.254 e. The molecule has 5 heterocycles. The minimum atomic E-state index is -0.188. The number of nitrogens with one attached hydrogen (secondary N) is 1. The summed E-state index contributed by atoms with van der Waals surface area (Å²) in [6.45, 7) is 14.9. The van der Waals surface area contributed by atoms with E-state index in [1.54, 1.807) is 0 Å². The Hall–Kier alpha value is -3.72. The van der Waals surface area contributed by atoms with Crippen molar-refractivity contribution in [3.8, 4) is 22.3 Å². The van der Waals surface area contributed by atoms with E-state index in [1.165, 1.54) is 48.3 Å². The third-order valence-corrected chi connectivity index (χ3v) is 11.6. The van der Waals surface area contributed by atoms with Gasteiger partial charge in [0.2, 0.25) is 0 Å². The molecule has 0 radical (unpaired) electrons. The van der Waals surface area contributed by atoms with Gasteiger partial charge in [-0.15, -0.1) is 0 Å². The first kappa shape index (κ1) is 30.6. The van der Waals surface area contributed by atoms with Crippen LogP contribution in [-0.4, -0.2) is 107 Å². The van der Waals surface area contributed by atoms with E-state index in [0.29, 0.717) is 0 Å². The van der Waals surface area contributed by atoms with Gasteiger partial charge in [-0.25, -0.2) is 4.98 Å². The van der Waals surface area contributed by atoms with Crippen molar-refractivity contribution in [2.45, 2.75) is 58.6 Å². The maximum absolute atomic E-state index is 13.3. The molecule has 1 spiro atoms. The topological polar surface area (TPSA) is 78.9 Å². The van der Waals surface area contributed by atoms with Gasteiger partial charge in [-0.3, -0.25) is 9.69 Å². The molecule has 0 bridgehead atoms. The molecule has 2 aromatic carbocycles. The van der Waals surface area contributed by atoms with Crippen LogP contribution >= 0.6 is 0 Å². The average Bonchev–Trinajstić information content (AvgIpc) is 3.45. The summed E-state index contributed by atoms with van der Waals surface area (Å²) >= 11 is 0. The van der Waals surface area contributed by atoms with Crippen LogP contribution < -0.4 is 4.90 Å². The van der Waals surface area contributed by atoms with Gasteiger partial charge in [-0.2, -0.15) is 0 Å². The van der Waals surface area contributed by atoms with Crippen LogP contribution in [0.5, 0.6) is 0 Å². The van der Waals surface area contributed by atoms with Gasteiger partial charge in [-0.05, 0) is 119 Å². The minimum Gasteiger partial charge on any atom is -0.393 e. The molecule has 3 aliphatic heterocycles. The molecule has 1 saturated carbocycles. The van der Waals surface area contributed by atoms with Crippen LogP contribution in [0.25, 0.3) is 33.3 Å². The number of nitrogens with zero attached hydrogens (tertiary/aromatic N) is 5. The number of anilines is 1. The zero-order valence-corrected chi connectivity index (χ0v) is 28.4. The lowest BCUT2D eigenvalue weighted by Crippen LogP contribution is -2.65. The van der Waals surface area contributed by atoms with Crippen LogP contribution in [-0.2, 0) is 0 Å². The minimum absolute atomic E-state index is 0.0947. The molecule has 4 fully saturated rings. The molecule has 1 amide bonds.